The molecule has 0 bridgehead atoms. The summed E-state index contributed by atoms with van der Waals surface area (Å²) in [5.74, 6) is -1.70. The third-order valence-electron chi connectivity index (χ3n) is 2.85. The van der Waals surface area contributed by atoms with Crippen LogP contribution in [0.3, 0.4) is 0 Å². The highest BCUT2D eigenvalue weighted by Gasteiger charge is 2.10. The minimum atomic E-state index is -1.25. The summed E-state index contributed by atoms with van der Waals surface area (Å²) in [7, 11) is 0. The lowest BCUT2D eigenvalue weighted by Crippen LogP contribution is -2.43. The molecule has 7 nitrogen and oxygen atoms in total. The first-order valence-corrected chi connectivity index (χ1v) is 7.02. The van der Waals surface area contributed by atoms with E-state index in [2.05, 4.69) is 10.9 Å². The van der Waals surface area contributed by atoms with Crippen molar-refractivity contribution in [3.63, 3.8) is 0 Å². The van der Waals surface area contributed by atoms with Crippen molar-refractivity contribution in [1.29, 1.82) is 0 Å². The van der Waals surface area contributed by atoms with Gasteiger partial charge in [0, 0.05) is 12.2 Å². The molecule has 2 amide bonds. The summed E-state index contributed by atoms with van der Waals surface area (Å²) in [5.41, 5.74) is 6.18. The molecule has 0 atom stereocenters. The Bertz CT molecular complexity index is 623. The number of hydrazine groups is 1. The number of rotatable bonds is 6. The maximum atomic E-state index is 11.6. The van der Waals surface area contributed by atoms with E-state index in [1.807, 2.05) is 39.0 Å². The van der Waals surface area contributed by atoms with E-state index in [0.717, 1.165) is 17.2 Å². The zero-order valence-electron chi connectivity index (χ0n) is 13.3. The summed E-state index contributed by atoms with van der Waals surface area (Å²) in [5, 5.41) is 8.37. The van der Waals surface area contributed by atoms with Crippen LogP contribution >= 0.6 is 0 Å². The standard InChI is InChI=1S/C16H20N2O5/c1-10(2)12-5-4-11(3)8-13(12)23-9-15(20)18-17-14(19)6-7-16(21)22/h4-8,10H,9H2,1-3H3,(H,17,19)(H,18,20)(H,21,22)/b7-6+. The Morgan fingerprint density at radius 2 is 1.91 bits per heavy atom. The SMILES string of the molecule is Cc1ccc(C(C)C)c(OCC(=O)NNC(=O)/C=C/C(=O)O)c1. The van der Waals surface area contributed by atoms with Crippen molar-refractivity contribution in [1.82, 2.24) is 10.9 Å². The Hall–Kier alpha value is -2.83. The van der Waals surface area contributed by atoms with Gasteiger partial charge >= 0.3 is 5.97 Å². The third-order valence-corrected chi connectivity index (χ3v) is 2.85. The van der Waals surface area contributed by atoms with Gasteiger partial charge in [-0.1, -0.05) is 26.0 Å². The minimum absolute atomic E-state index is 0.245. The van der Waals surface area contributed by atoms with Crippen LogP contribution in [-0.2, 0) is 14.4 Å². The molecule has 0 saturated carbocycles. The first-order valence-electron chi connectivity index (χ1n) is 7.02. The lowest BCUT2D eigenvalue weighted by Gasteiger charge is -2.14. The summed E-state index contributed by atoms with van der Waals surface area (Å²) in [6, 6.07) is 5.76. The van der Waals surface area contributed by atoms with Crippen molar-refractivity contribution in [2.24, 2.45) is 0 Å². The smallest absolute Gasteiger partial charge is 0.328 e. The number of ether oxygens (including phenoxy) is 1. The van der Waals surface area contributed by atoms with E-state index in [-0.39, 0.29) is 12.5 Å². The molecule has 0 spiro atoms. The Kier molecular flexibility index (Phi) is 6.79. The van der Waals surface area contributed by atoms with Crippen molar-refractivity contribution >= 4 is 17.8 Å². The Labute approximate surface area is 134 Å². The van der Waals surface area contributed by atoms with Crippen molar-refractivity contribution in [2.45, 2.75) is 26.7 Å². The molecule has 0 aliphatic heterocycles. The number of nitrogens with one attached hydrogen (secondary N) is 2. The number of amides is 2. The van der Waals surface area contributed by atoms with Gasteiger partial charge in [0.15, 0.2) is 6.61 Å². The topological polar surface area (TPSA) is 105 Å². The zero-order chi connectivity index (χ0) is 17.4. The number of benzene rings is 1. The number of hydrogen-bond acceptors (Lipinski definition) is 4. The van der Waals surface area contributed by atoms with Crippen LogP contribution in [0.4, 0.5) is 0 Å². The molecule has 1 aromatic rings. The lowest BCUT2D eigenvalue weighted by molar-refractivity contribution is -0.131. The predicted octanol–water partition coefficient (Wildman–Crippen LogP) is 1.29. The fourth-order valence-corrected chi connectivity index (χ4v) is 1.74. The maximum Gasteiger partial charge on any atom is 0.328 e. The normalized spacial score (nSPS) is 10.6. The molecule has 7 heteroatoms. The first kappa shape index (κ1) is 18.2. The van der Waals surface area contributed by atoms with Gasteiger partial charge in [0.25, 0.3) is 11.8 Å². The van der Waals surface area contributed by atoms with E-state index in [0.29, 0.717) is 11.8 Å². The van der Waals surface area contributed by atoms with Gasteiger partial charge in [-0.15, -0.1) is 0 Å². The molecule has 0 aliphatic carbocycles. The molecule has 0 aromatic heterocycles. The molecule has 0 aliphatic rings. The van der Waals surface area contributed by atoms with E-state index < -0.39 is 17.8 Å². The van der Waals surface area contributed by atoms with Crippen LogP contribution in [0.15, 0.2) is 30.4 Å². The van der Waals surface area contributed by atoms with Crippen LogP contribution in [0.25, 0.3) is 0 Å². The summed E-state index contributed by atoms with van der Waals surface area (Å²) in [4.78, 5) is 33.1. The van der Waals surface area contributed by atoms with Crippen molar-refractivity contribution in [3.05, 3.63) is 41.5 Å². The lowest BCUT2D eigenvalue weighted by atomic mass is 10.0. The van der Waals surface area contributed by atoms with E-state index in [1.165, 1.54) is 0 Å². The zero-order valence-corrected chi connectivity index (χ0v) is 13.3. The predicted molar refractivity (Wildman–Crippen MR) is 83.8 cm³/mol. The van der Waals surface area contributed by atoms with Crippen molar-refractivity contribution in [2.75, 3.05) is 6.61 Å². The summed E-state index contributed by atoms with van der Waals surface area (Å²) in [6.45, 7) is 5.69. The van der Waals surface area contributed by atoms with Crippen molar-refractivity contribution < 1.29 is 24.2 Å². The van der Waals surface area contributed by atoms with Crippen molar-refractivity contribution in [3.8, 4) is 5.75 Å². The summed E-state index contributed by atoms with van der Waals surface area (Å²) in [6.07, 6.45) is 1.46. The van der Waals surface area contributed by atoms with E-state index >= 15 is 0 Å². The number of aliphatic carboxylic acids is 1. The van der Waals surface area contributed by atoms with Crippen LogP contribution in [0.1, 0.15) is 30.9 Å². The Balaban J connectivity index is 2.52. The van der Waals surface area contributed by atoms with Gasteiger partial charge in [-0.25, -0.2) is 4.79 Å². The molecule has 1 rings (SSSR count). The second-order valence-electron chi connectivity index (χ2n) is 5.19. The number of aryl methyl sites for hydroxylation is 1. The fraction of sp³-hybridized carbons (Fsp3) is 0.312. The molecule has 0 unspecified atom stereocenters. The number of hydrogen-bond donors (Lipinski definition) is 3. The molecule has 1 aromatic carbocycles. The van der Waals surface area contributed by atoms with Gasteiger partial charge in [-0.05, 0) is 30.0 Å². The van der Waals surface area contributed by atoms with E-state index in [4.69, 9.17) is 9.84 Å². The van der Waals surface area contributed by atoms with Gasteiger partial charge in [-0.2, -0.15) is 0 Å². The van der Waals surface area contributed by atoms with Gasteiger partial charge in [0.1, 0.15) is 5.75 Å². The number of carbonyl (C=O) groups is 3. The highest BCUT2D eigenvalue weighted by molar-refractivity contribution is 5.94. The molecule has 0 radical (unpaired) electrons. The highest BCUT2D eigenvalue weighted by Crippen LogP contribution is 2.27. The van der Waals surface area contributed by atoms with Crippen LogP contribution in [0, 0.1) is 6.92 Å². The highest BCUT2D eigenvalue weighted by atomic mass is 16.5. The average molecular weight is 320 g/mol. The summed E-state index contributed by atoms with van der Waals surface area (Å²) < 4.78 is 5.50. The fourth-order valence-electron chi connectivity index (χ4n) is 1.74. The van der Waals surface area contributed by atoms with Gasteiger partial charge in [-0.3, -0.25) is 20.4 Å². The Morgan fingerprint density at radius 3 is 2.52 bits per heavy atom. The quantitative estimate of drug-likeness (QED) is 0.541. The monoisotopic (exact) mass is 320 g/mol. The molecule has 124 valence electrons. The molecule has 3 N–H and O–H groups in total. The molecular formula is C16H20N2O5. The Morgan fingerprint density at radius 1 is 1.22 bits per heavy atom. The first-order chi connectivity index (χ1) is 10.8. The number of carbonyl (C=O) groups excluding carboxylic acids is 2. The third kappa shape index (κ3) is 6.64. The molecule has 23 heavy (non-hydrogen) atoms. The van der Waals surface area contributed by atoms with Crippen LogP contribution in [-0.4, -0.2) is 29.5 Å². The minimum Gasteiger partial charge on any atom is -0.483 e. The largest absolute Gasteiger partial charge is 0.483 e. The van der Waals surface area contributed by atoms with Crippen LogP contribution in [0.5, 0.6) is 5.75 Å². The van der Waals surface area contributed by atoms with E-state index in [1.54, 1.807) is 0 Å². The number of carboxylic acid groups (broad SMARTS) is 1. The number of carboxylic acids is 1. The van der Waals surface area contributed by atoms with E-state index in [9.17, 15) is 14.4 Å². The second kappa shape index (κ2) is 8.57. The molecular weight excluding hydrogens is 300 g/mol. The second-order valence-corrected chi connectivity index (χ2v) is 5.19. The molecule has 0 saturated heterocycles. The molecule has 0 fully saturated rings. The summed E-state index contributed by atoms with van der Waals surface area (Å²) >= 11 is 0. The maximum absolute atomic E-state index is 11.6. The van der Waals surface area contributed by atoms with Crippen LogP contribution in [0.2, 0.25) is 0 Å². The van der Waals surface area contributed by atoms with Crippen LogP contribution < -0.4 is 15.6 Å². The van der Waals surface area contributed by atoms with Gasteiger partial charge in [0.2, 0.25) is 0 Å². The van der Waals surface area contributed by atoms with Gasteiger partial charge < -0.3 is 9.84 Å². The van der Waals surface area contributed by atoms with Gasteiger partial charge in [0.05, 0.1) is 0 Å². The molecule has 0 heterocycles. The average Bonchev–Trinajstić information content (AvgIpc) is 2.48.